The molecule has 156 valence electrons. The lowest BCUT2D eigenvalue weighted by atomic mass is 10.2. The van der Waals surface area contributed by atoms with Crippen LogP contribution in [-0.2, 0) is 11.3 Å². The first-order chi connectivity index (χ1) is 13.2. The molecule has 1 N–H and O–H groups in total. The summed E-state index contributed by atoms with van der Waals surface area (Å²) in [4.78, 5) is 23.0. The summed E-state index contributed by atoms with van der Waals surface area (Å²) < 4.78 is 0. The van der Waals surface area contributed by atoms with Crippen LogP contribution in [0.15, 0.2) is 29.3 Å². The molecule has 0 saturated carbocycles. The number of halogens is 1. The number of nitrogens with one attached hydrogen (secondary N) is 1. The van der Waals surface area contributed by atoms with Gasteiger partial charge in [-0.25, -0.2) is 4.99 Å². The van der Waals surface area contributed by atoms with Crippen LogP contribution in [0.25, 0.3) is 0 Å². The molecular weight excluding hydrogens is 485 g/mol. The lowest BCUT2D eigenvalue weighted by molar-refractivity contribution is -0.130. The summed E-state index contributed by atoms with van der Waals surface area (Å²) in [7, 11) is 0. The largest absolute Gasteiger partial charge is 0.370 e. The number of anilines is 1. The van der Waals surface area contributed by atoms with Crippen LogP contribution in [0, 0.1) is 0 Å². The Hall–Kier alpha value is -1.16. The maximum Gasteiger partial charge on any atom is 0.219 e. The zero-order valence-corrected chi connectivity index (χ0v) is 20.0. The predicted octanol–water partition coefficient (Wildman–Crippen LogP) is 2.49. The molecule has 2 heterocycles. The van der Waals surface area contributed by atoms with Crippen LogP contribution >= 0.6 is 35.7 Å². The minimum Gasteiger partial charge on any atom is -0.370 e. The van der Waals surface area contributed by atoms with E-state index >= 15 is 0 Å². The van der Waals surface area contributed by atoms with E-state index < -0.39 is 0 Å². The normalized spacial score (nSPS) is 17.9. The quantitative estimate of drug-likeness (QED) is 0.378. The molecule has 8 heteroatoms. The minimum atomic E-state index is 0. The van der Waals surface area contributed by atoms with E-state index in [1.54, 1.807) is 6.92 Å². The Morgan fingerprint density at radius 3 is 2.21 bits per heavy atom. The molecule has 2 saturated heterocycles. The predicted molar refractivity (Wildman–Crippen MR) is 130 cm³/mol. The summed E-state index contributed by atoms with van der Waals surface area (Å²) in [6.45, 7) is 10.7. The fraction of sp³-hybridized carbons (Fsp3) is 0.600. The maximum absolute atomic E-state index is 11.5. The number of amides is 1. The molecule has 2 fully saturated rings. The Morgan fingerprint density at radius 2 is 1.64 bits per heavy atom. The van der Waals surface area contributed by atoms with Crippen LogP contribution in [-0.4, -0.2) is 79.0 Å². The molecule has 0 aromatic heterocycles. The van der Waals surface area contributed by atoms with Crippen LogP contribution in [0.5, 0.6) is 0 Å². The molecule has 1 aromatic carbocycles. The van der Waals surface area contributed by atoms with E-state index in [0.717, 1.165) is 51.8 Å². The first-order valence-corrected chi connectivity index (χ1v) is 11.0. The maximum atomic E-state index is 11.5. The number of hydrogen-bond donors (Lipinski definition) is 1. The first kappa shape index (κ1) is 23.1. The van der Waals surface area contributed by atoms with Gasteiger partial charge in [-0.05, 0) is 24.6 Å². The van der Waals surface area contributed by atoms with Crippen LogP contribution in [0.2, 0.25) is 0 Å². The lowest BCUT2D eigenvalue weighted by Crippen LogP contribution is -2.53. The second-order valence-corrected chi connectivity index (χ2v) is 8.15. The standard InChI is InChI=1S/C20H31N5OS.HI/c1-3-21-20(25-10-8-23(9-11-25)17(2)26)22-16-18-4-6-19(7-5-18)24-12-14-27-15-13-24;/h4-7H,3,8-16H2,1-2H3,(H,21,22);1H. The molecule has 0 bridgehead atoms. The highest BCUT2D eigenvalue weighted by Crippen LogP contribution is 2.20. The summed E-state index contributed by atoms with van der Waals surface area (Å²) >= 11 is 2.03. The zero-order valence-electron chi connectivity index (χ0n) is 16.9. The molecule has 2 aliphatic rings. The number of benzene rings is 1. The van der Waals surface area contributed by atoms with Gasteiger partial charge in [0.05, 0.1) is 6.54 Å². The van der Waals surface area contributed by atoms with Crippen molar-refractivity contribution in [3.8, 4) is 0 Å². The van der Waals surface area contributed by atoms with E-state index in [4.69, 9.17) is 4.99 Å². The average molecular weight is 517 g/mol. The van der Waals surface area contributed by atoms with Crippen molar-refractivity contribution in [2.24, 2.45) is 4.99 Å². The zero-order chi connectivity index (χ0) is 19.1. The lowest BCUT2D eigenvalue weighted by Gasteiger charge is -2.36. The van der Waals surface area contributed by atoms with Crippen LogP contribution in [0.1, 0.15) is 19.4 Å². The minimum absolute atomic E-state index is 0. The van der Waals surface area contributed by atoms with E-state index in [1.807, 2.05) is 16.7 Å². The van der Waals surface area contributed by atoms with E-state index in [-0.39, 0.29) is 29.9 Å². The van der Waals surface area contributed by atoms with Gasteiger partial charge in [-0.15, -0.1) is 24.0 Å². The van der Waals surface area contributed by atoms with Gasteiger partial charge in [0.1, 0.15) is 0 Å². The van der Waals surface area contributed by atoms with E-state index in [0.29, 0.717) is 6.54 Å². The number of thioether (sulfide) groups is 1. The summed E-state index contributed by atoms with van der Waals surface area (Å²) in [5.41, 5.74) is 2.54. The number of aliphatic imine (C=N–C) groups is 1. The molecule has 0 spiro atoms. The number of piperazine rings is 1. The van der Waals surface area contributed by atoms with E-state index in [1.165, 1.54) is 22.8 Å². The van der Waals surface area contributed by atoms with Crippen molar-refractivity contribution in [1.29, 1.82) is 0 Å². The third-order valence-electron chi connectivity index (χ3n) is 5.08. The van der Waals surface area contributed by atoms with Gasteiger partial charge < -0.3 is 20.0 Å². The van der Waals surface area contributed by atoms with Crippen molar-refractivity contribution < 1.29 is 4.79 Å². The molecule has 1 aromatic rings. The van der Waals surface area contributed by atoms with Crippen LogP contribution in [0.3, 0.4) is 0 Å². The Morgan fingerprint density at radius 1 is 1.04 bits per heavy atom. The molecule has 0 atom stereocenters. The second-order valence-electron chi connectivity index (χ2n) is 6.93. The Bertz CT molecular complexity index is 641. The van der Waals surface area contributed by atoms with Crippen molar-refractivity contribution in [1.82, 2.24) is 15.1 Å². The highest BCUT2D eigenvalue weighted by Gasteiger charge is 2.20. The fourth-order valence-electron chi connectivity index (χ4n) is 3.46. The SMILES string of the molecule is CCNC(=NCc1ccc(N2CCSCC2)cc1)N1CCN(C(C)=O)CC1.I. The van der Waals surface area contributed by atoms with Crippen LogP contribution in [0.4, 0.5) is 5.69 Å². The van der Waals surface area contributed by atoms with Gasteiger partial charge in [0, 0.05) is 69.9 Å². The molecule has 0 unspecified atom stereocenters. The van der Waals surface area contributed by atoms with Gasteiger partial charge in [0.2, 0.25) is 5.91 Å². The number of hydrogen-bond acceptors (Lipinski definition) is 4. The molecule has 2 aliphatic heterocycles. The highest BCUT2D eigenvalue weighted by molar-refractivity contribution is 14.0. The van der Waals surface area contributed by atoms with E-state index in [2.05, 4.69) is 46.3 Å². The van der Waals surface area contributed by atoms with Gasteiger partial charge in [-0.2, -0.15) is 11.8 Å². The Kier molecular flexibility index (Phi) is 9.70. The summed E-state index contributed by atoms with van der Waals surface area (Å²) in [5, 5.41) is 3.39. The van der Waals surface area contributed by atoms with Crippen molar-refractivity contribution >= 4 is 53.3 Å². The number of carbonyl (C=O) groups excluding carboxylic acids is 1. The van der Waals surface area contributed by atoms with Crippen molar-refractivity contribution in [2.75, 3.05) is 62.2 Å². The molecule has 0 aliphatic carbocycles. The topological polar surface area (TPSA) is 51.2 Å². The van der Waals surface area contributed by atoms with Gasteiger partial charge in [0.25, 0.3) is 0 Å². The molecule has 1 amide bonds. The Balaban J connectivity index is 0.00000280. The molecule has 28 heavy (non-hydrogen) atoms. The Labute approximate surface area is 190 Å². The first-order valence-electron chi connectivity index (χ1n) is 9.88. The van der Waals surface area contributed by atoms with Crippen molar-refractivity contribution in [3.05, 3.63) is 29.8 Å². The average Bonchev–Trinajstić information content (AvgIpc) is 2.72. The smallest absolute Gasteiger partial charge is 0.219 e. The van der Waals surface area contributed by atoms with Crippen molar-refractivity contribution in [2.45, 2.75) is 20.4 Å². The molecule has 6 nitrogen and oxygen atoms in total. The van der Waals surface area contributed by atoms with Gasteiger partial charge in [-0.1, -0.05) is 12.1 Å². The van der Waals surface area contributed by atoms with Gasteiger partial charge in [0.15, 0.2) is 5.96 Å². The number of carbonyl (C=O) groups is 1. The van der Waals surface area contributed by atoms with Crippen molar-refractivity contribution in [3.63, 3.8) is 0 Å². The summed E-state index contributed by atoms with van der Waals surface area (Å²) in [5.74, 6) is 3.53. The molecule has 3 rings (SSSR count). The van der Waals surface area contributed by atoms with Gasteiger partial charge >= 0.3 is 0 Å². The van der Waals surface area contributed by atoms with E-state index in [9.17, 15) is 4.79 Å². The monoisotopic (exact) mass is 517 g/mol. The van der Waals surface area contributed by atoms with Crippen LogP contribution < -0.4 is 10.2 Å². The summed E-state index contributed by atoms with van der Waals surface area (Å²) in [6.07, 6.45) is 0. The molecular formula is C20H32IN5OS. The fourth-order valence-corrected chi connectivity index (χ4v) is 4.36. The second kappa shape index (κ2) is 11.7. The molecule has 0 radical (unpaired) electrons. The highest BCUT2D eigenvalue weighted by atomic mass is 127. The third-order valence-corrected chi connectivity index (χ3v) is 6.03. The summed E-state index contributed by atoms with van der Waals surface area (Å²) in [6, 6.07) is 8.83. The number of nitrogens with zero attached hydrogens (tertiary/aromatic N) is 4. The third kappa shape index (κ3) is 6.43. The number of rotatable bonds is 4. The number of guanidine groups is 1. The van der Waals surface area contributed by atoms with Gasteiger partial charge in [-0.3, -0.25) is 4.79 Å².